The van der Waals surface area contributed by atoms with Crippen LogP contribution in [0.2, 0.25) is 0 Å². The average molecular weight is 193 g/mol. The van der Waals surface area contributed by atoms with Crippen LogP contribution >= 0.6 is 0 Å². The minimum Gasteiger partial charge on any atom is -0.271 e. The van der Waals surface area contributed by atoms with Gasteiger partial charge in [-0.2, -0.15) is 0 Å². The molecule has 2 unspecified atom stereocenters. The van der Waals surface area contributed by atoms with Crippen LogP contribution in [0.4, 0.5) is 0 Å². The first-order chi connectivity index (χ1) is 6.79. The molecule has 14 heavy (non-hydrogen) atoms. The van der Waals surface area contributed by atoms with Gasteiger partial charge in [0.25, 0.3) is 0 Å². The Morgan fingerprint density at radius 1 is 1.50 bits per heavy atom. The predicted octanol–water partition coefficient (Wildman–Crippen LogP) is 2.02. The maximum Gasteiger partial charge on any atom is 0.0657 e. The predicted molar refractivity (Wildman–Crippen MR) is 58.4 cm³/mol. The van der Waals surface area contributed by atoms with Crippen LogP contribution in [-0.2, 0) is 0 Å². The minimum absolute atomic E-state index is 0.163. The van der Waals surface area contributed by atoms with Crippen LogP contribution in [0.1, 0.15) is 38.4 Å². The molecule has 0 bridgehead atoms. The summed E-state index contributed by atoms with van der Waals surface area (Å²) < 4.78 is 0. The van der Waals surface area contributed by atoms with E-state index in [9.17, 15) is 0 Å². The smallest absolute Gasteiger partial charge is 0.0657 e. The lowest BCUT2D eigenvalue weighted by atomic mass is 9.94. The van der Waals surface area contributed by atoms with Gasteiger partial charge >= 0.3 is 0 Å². The number of nitrogens with two attached hydrogens (primary N) is 1. The van der Waals surface area contributed by atoms with Gasteiger partial charge in [0, 0.05) is 6.20 Å². The molecule has 0 saturated heterocycles. The Morgan fingerprint density at radius 2 is 2.29 bits per heavy atom. The van der Waals surface area contributed by atoms with Gasteiger partial charge in [0.1, 0.15) is 0 Å². The second kappa shape index (κ2) is 5.73. The summed E-state index contributed by atoms with van der Waals surface area (Å²) in [6, 6.07) is 6.08. The van der Waals surface area contributed by atoms with E-state index in [2.05, 4.69) is 24.3 Å². The third-order valence-electron chi connectivity index (χ3n) is 2.50. The van der Waals surface area contributed by atoms with E-state index in [4.69, 9.17) is 5.84 Å². The van der Waals surface area contributed by atoms with Crippen LogP contribution in [-0.4, -0.2) is 4.98 Å². The Balaban J connectivity index is 2.71. The molecule has 3 N–H and O–H groups in total. The van der Waals surface area contributed by atoms with E-state index in [0.717, 1.165) is 12.1 Å². The normalized spacial score (nSPS) is 15.1. The second-order valence-electron chi connectivity index (χ2n) is 3.66. The summed E-state index contributed by atoms with van der Waals surface area (Å²) in [6.07, 6.45) is 4.13. The van der Waals surface area contributed by atoms with Crippen molar-refractivity contribution < 1.29 is 0 Å². The summed E-state index contributed by atoms with van der Waals surface area (Å²) in [7, 11) is 0. The SMILES string of the molecule is CCCC(C)C(NN)c1ccccn1. The molecule has 0 saturated carbocycles. The van der Waals surface area contributed by atoms with E-state index in [-0.39, 0.29) is 6.04 Å². The van der Waals surface area contributed by atoms with Crippen LogP contribution in [0, 0.1) is 5.92 Å². The quantitative estimate of drug-likeness (QED) is 0.555. The Morgan fingerprint density at radius 3 is 2.79 bits per heavy atom. The van der Waals surface area contributed by atoms with Gasteiger partial charge in [0.15, 0.2) is 0 Å². The summed E-state index contributed by atoms with van der Waals surface area (Å²) in [5, 5.41) is 0. The van der Waals surface area contributed by atoms with Crippen LogP contribution in [0.25, 0.3) is 0 Å². The molecule has 78 valence electrons. The molecule has 0 aliphatic heterocycles. The molecule has 1 aromatic heterocycles. The molecular weight excluding hydrogens is 174 g/mol. The van der Waals surface area contributed by atoms with Crippen molar-refractivity contribution in [3.63, 3.8) is 0 Å². The molecule has 3 heteroatoms. The number of hydrazine groups is 1. The lowest BCUT2D eigenvalue weighted by molar-refractivity contribution is 0.361. The number of aromatic nitrogens is 1. The summed E-state index contributed by atoms with van der Waals surface area (Å²) in [6.45, 7) is 4.38. The van der Waals surface area contributed by atoms with E-state index in [1.807, 2.05) is 18.2 Å². The van der Waals surface area contributed by atoms with Gasteiger partial charge in [-0.1, -0.05) is 26.3 Å². The molecule has 0 aromatic carbocycles. The Kier molecular flexibility index (Phi) is 4.56. The highest BCUT2D eigenvalue weighted by Gasteiger charge is 2.17. The van der Waals surface area contributed by atoms with Gasteiger partial charge in [0.2, 0.25) is 0 Å². The first kappa shape index (κ1) is 11.1. The number of hydrogen-bond donors (Lipinski definition) is 2. The Labute approximate surface area is 85.7 Å². The molecule has 0 spiro atoms. The number of hydrogen-bond acceptors (Lipinski definition) is 3. The molecule has 0 aliphatic rings. The number of pyridine rings is 1. The van der Waals surface area contributed by atoms with Crippen LogP contribution in [0.5, 0.6) is 0 Å². The molecule has 0 fully saturated rings. The van der Waals surface area contributed by atoms with Gasteiger partial charge in [-0.3, -0.25) is 16.3 Å². The van der Waals surface area contributed by atoms with E-state index in [1.165, 1.54) is 6.42 Å². The van der Waals surface area contributed by atoms with Crippen LogP contribution in [0.15, 0.2) is 24.4 Å². The molecule has 1 aromatic rings. The van der Waals surface area contributed by atoms with Crippen molar-refractivity contribution in [1.82, 2.24) is 10.4 Å². The third kappa shape index (κ3) is 2.79. The first-order valence-electron chi connectivity index (χ1n) is 5.16. The highest BCUT2D eigenvalue weighted by atomic mass is 15.2. The summed E-state index contributed by atoms with van der Waals surface area (Å²) in [5.74, 6) is 6.06. The van der Waals surface area contributed by atoms with Gasteiger partial charge in [-0.05, 0) is 24.5 Å². The highest BCUT2D eigenvalue weighted by molar-refractivity contribution is 5.09. The largest absolute Gasteiger partial charge is 0.271 e. The lowest BCUT2D eigenvalue weighted by Gasteiger charge is -2.22. The topological polar surface area (TPSA) is 50.9 Å². The van der Waals surface area contributed by atoms with Gasteiger partial charge in [-0.25, -0.2) is 0 Å². The zero-order valence-electron chi connectivity index (χ0n) is 8.90. The van der Waals surface area contributed by atoms with E-state index in [0.29, 0.717) is 5.92 Å². The molecule has 0 amide bonds. The Bertz CT molecular complexity index is 248. The number of nitrogens with one attached hydrogen (secondary N) is 1. The van der Waals surface area contributed by atoms with Crippen molar-refractivity contribution >= 4 is 0 Å². The summed E-state index contributed by atoms with van der Waals surface area (Å²) in [5.41, 5.74) is 3.86. The minimum atomic E-state index is 0.163. The average Bonchev–Trinajstić information content (AvgIpc) is 2.21. The van der Waals surface area contributed by atoms with Gasteiger partial charge in [-0.15, -0.1) is 0 Å². The lowest BCUT2D eigenvalue weighted by Crippen LogP contribution is -2.33. The van der Waals surface area contributed by atoms with Crippen molar-refractivity contribution in [2.75, 3.05) is 0 Å². The van der Waals surface area contributed by atoms with E-state index >= 15 is 0 Å². The van der Waals surface area contributed by atoms with Crippen LogP contribution in [0.3, 0.4) is 0 Å². The molecule has 2 atom stereocenters. The standard InChI is InChI=1S/C11H19N3/c1-3-6-9(2)11(14-12)10-7-4-5-8-13-10/h4-5,7-9,11,14H,3,6,12H2,1-2H3. The van der Waals surface area contributed by atoms with Crippen molar-refractivity contribution in [3.8, 4) is 0 Å². The van der Waals surface area contributed by atoms with Crippen LogP contribution < -0.4 is 11.3 Å². The van der Waals surface area contributed by atoms with Gasteiger partial charge in [0.05, 0.1) is 11.7 Å². The first-order valence-corrected chi connectivity index (χ1v) is 5.16. The maximum atomic E-state index is 5.55. The zero-order valence-corrected chi connectivity index (χ0v) is 8.90. The molecule has 1 heterocycles. The third-order valence-corrected chi connectivity index (χ3v) is 2.50. The fraction of sp³-hybridized carbons (Fsp3) is 0.545. The zero-order chi connectivity index (χ0) is 10.4. The van der Waals surface area contributed by atoms with Crippen molar-refractivity contribution in [2.24, 2.45) is 11.8 Å². The molecule has 3 nitrogen and oxygen atoms in total. The maximum absolute atomic E-state index is 5.55. The van der Waals surface area contributed by atoms with Crippen molar-refractivity contribution in [1.29, 1.82) is 0 Å². The molecule has 0 radical (unpaired) electrons. The van der Waals surface area contributed by atoms with Crippen molar-refractivity contribution in [3.05, 3.63) is 30.1 Å². The van der Waals surface area contributed by atoms with Gasteiger partial charge < -0.3 is 0 Å². The number of nitrogens with zero attached hydrogens (tertiary/aromatic N) is 1. The second-order valence-corrected chi connectivity index (χ2v) is 3.66. The highest BCUT2D eigenvalue weighted by Crippen LogP contribution is 2.22. The summed E-state index contributed by atoms with van der Waals surface area (Å²) in [4.78, 5) is 4.31. The fourth-order valence-electron chi connectivity index (χ4n) is 1.72. The van der Waals surface area contributed by atoms with E-state index < -0.39 is 0 Å². The fourth-order valence-corrected chi connectivity index (χ4v) is 1.72. The summed E-state index contributed by atoms with van der Waals surface area (Å²) >= 11 is 0. The molecule has 1 rings (SSSR count). The van der Waals surface area contributed by atoms with Crippen molar-refractivity contribution in [2.45, 2.75) is 32.7 Å². The molecule has 0 aliphatic carbocycles. The number of rotatable bonds is 5. The van der Waals surface area contributed by atoms with E-state index in [1.54, 1.807) is 6.20 Å². The Hall–Kier alpha value is -0.930. The molecular formula is C11H19N3. The monoisotopic (exact) mass is 193 g/mol.